The van der Waals surface area contributed by atoms with E-state index in [0.717, 1.165) is 46.8 Å². The Balaban J connectivity index is 1.63. The first-order valence-electron chi connectivity index (χ1n) is 9.32. The van der Waals surface area contributed by atoms with E-state index in [1.165, 1.54) is 0 Å². The summed E-state index contributed by atoms with van der Waals surface area (Å²) in [6, 6.07) is 7.79. The molecule has 0 aromatic carbocycles. The molecule has 0 aliphatic carbocycles. The second-order valence-corrected chi connectivity index (χ2v) is 8.75. The second-order valence-electron chi connectivity index (χ2n) is 6.54. The molecule has 2 aromatic heterocycles. The van der Waals surface area contributed by atoms with Crippen LogP contribution < -0.4 is 5.32 Å². The Kier molecular flexibility index (Phi) is 10.7. The van der Waals surface area contributed by atoms with Gasteiger partial charge in [0.2, 0.25) is 0 Å². The Bertz CT molecular complexity index is 747. The van der Waals surface area contributed by atoms with Gasteiger partial charge in [-0.05, 0) is 38.4 Å². The van der Waals surface area contributed by atoms with Gasteiger partial charge in [0.15, 0.2) is 5.84 Å². The highest BCUT2D eigenvalue weighted by Gasteiger charge is 2.07. The number of nitrogens with zero attached hydrogens (tertiary/aromatic N) is 3. The van der Waals surface area contributed by atoms with E-state index in [4.69, 9.17) is 8.83 Å². The van der Waals surface area contributed by atoms with Crippen LogP contribution in [-0.2, 0) is 18.1 Å². The van der Waals surface area contributed by atoms with Gasteiger partial charge in [-0.25, -0.2) is 0 Å². The van der Waals surface area contributed by atoms with Crippen molar-refractivity contribution >= 4 is 29.4 Å². The van der Waals surface area contributed by atoms with Gasteiger partial charge in [0.25, 0.3) is 6.54 Å². The number of amidine groups is 1. The van der Waals surface area contributed by atoms with Crippen LogP contribution in [0.4, 0.5) is 0 Å². The van der Waals surface area contributed by atoms with Crippen molar-refractivity contribution in [1.82, 2.24) is 10.2 Å². The number of nitrogens with one attached hydrogen (secondary N) is 1. The van der Waals surface area contributed by atoms with Crippen molar-refractivity contribution in [1.29, 1.82) is 0 Å². The Morgan fingerprint density at radius 3 is 2.66 bits per heavy atom. The van der Waals surface area contributed by atoms with Crippen molar-refractivity contribution in [2.24, 2.45) is 4.99 Å². The SMILES string of the molecule is CN(C)Cc1ccc(CSCCNC(C[N+](=O)[O-])=NCCSCc2ccco2)o1. The summed E-state index contributed by atoms with van der Waals surface area (Å²) in [4.78, 5) is 16.9. The molecule has 8 nitrogen and oxygen atoms in total. The minimum Gasteiger partial charge on any atom is -0.468 e. The van der Waals surface area contributed by atoms with Gasteiger partial charge in [-0.3, -0.25) is 15.1 Å². The molecule has 29 heavy (non-hydrogen) atoms. The third-order valence-electron chi connectivity index (χ3n) is 3.65. The van der Waals surface area contributed by atoms with E-state index < -0.39 is 0 Å². The van der Waals surface area contributed by atoms with Crippen LogP contribution in [0.1, 0.15) is 17.3 Å². The van der Waals surface area contributed by atoms with Crippen molar-refractivity contribution < 1.29 is 13.8 Å². The average molecular weight is 441 g/mol. The number of nitro groups is 1. The van der Waals surface area contributed by atoms with Crippen LogP contribution in [0.2, 0.25) is 0 Å². The fourth-order valence-corrected chi connectivity index (χ4v) is 3.91. The summed E-state index contributed by atoms with van der Waals surface area (Å²) in [5.74, 6) is 6.40. The molecule has 0 aliphatic rings. The number of hydrogen-bond donors (Lipinski definition) is 1. The zero-order chi connectivity index (χ0) is 20.9. The van der Waals surface area contributed by atoms with E-state index in [1.54, 1.807) is 29.8 Å². The minimum absolute atomic E-state index is 0.278. The van der Waals surface area contributed by atoms with Crippen LogP contribution in [0.5, 0.6) is 0 Å². The molecule has 0 unspecified atom stereocenters. The lowest BCUT2D eigenvalue weighted by Crippen LogP contribution is -2.32. The molecule has 2 heterocycles. The monoisotopic (exact) mass is 440 g/mol. The number of furan rings is 2. The second kappa shape index (κ2) is 13.3. The normalized spacial score (nSPS) is 11.9. The van der Waals surface area contributed by atoms with Crippen LogP contribution in [0.25, 0.3) is 0 Å². The topological polar surface area (TPSA) is 97.0 Å². The summed E-state index contributed by atoms with van der Waals surface area (Å²) in [7, 11) is 4.01. The Labute approximate surface area is 179 Å². The zero-order valence-electron chi connectivity index (χ0n) is 16.8. The van der Waals surface area contributed by atoms with E-state index >= 15 is 0 Å². The van der Waals surface area contributed by atoms with Crippen molar-refractivity contribution in [2.45, 2.75) is 18.1 Å². The molecular weight excluding hydrogens is 412 g/mol. The number of rotatable bonds is 14. The van der Waals surface area contributed by atoms with Crippen molar-refractivity contribution in [3.8, 4) is 0 Å². The summed E-state index contributed by atoms with van der Waals surface area (Å²) in [5.41, 5.74) is 0. The molecule has 160 valence electrons. The fraction of sp³-hybridized carbons (Fsp3) is 0.526. The largest absolute Gasteiger partial charge is 0.468 e. The predicted molar refractivity (Wildman–Crippen MR) is 119 cm³/mol. The van der Waals surface area contributed by atoms with Gasteiger partial charge in [-0.2, -0.15) is 23.5 Å². The van der Waals surface area contributed by atoms with Crippen LogP contribution in [0.3, 0.4) is 0 Å². The lowest BCUT2D eigenvalue weighted by Gasteiger charge is -2.07. The maximum Gasteiger partial charge on any atom is 0.259 e. The highest BCUT2D eigenvalue weighted by Crippen LogP contribution is 2.16. The van der Waals surface area contributed by atoms with Gasteiger partial charge in [-0.15, -0.1) is 0 Å². The maximum absolute atomic E-state index is 10.9. The van der Waals surface area contributed by atoms with Crippen molar-refractivity contribution in [3.63, 3.8) is 0 Å². The first kappa shape index (κ1) is 23.4. The molecule has 0 saturated heterocycles. The van der Waals surface area contributed by atoms with E-state index in [2.05, 4.69) is 15.2 Å². The summed E-state index contributed by atoms with van der Waals surface area (Å²) >= 11 is 3.41. The molecule has 0 atom stereocenters. The Hall–Kier alpha value is -1.91. The van der Waals surface area contributed by atoms with E-state index in [0.29, 0.717) is 18.9 Å². The molecular formula is C19H28N4O4S2. The van der Waals surface area contributed by atoms with Gasteiger partial charge in [0, 0.05) is 23.0 Å². The molecule has 0 spiro atoms. The van der Waals surface area contributed by atoms with Gasteiger partial charge < -0.3 is 19.1 Å². The van der Waals surface area contributed by atoms with Crippen LogP contribution in [0.15, 0.2) is 44.4 Å². The molecule has 0 bridgehead atoms. The van der Waals surface area contributed by atoms with Crippen molar-refractivity contribution in [3.05, 3.63) is 57.9 Å². The summed E-state index contributed by atoms with van der Waals surface area (Å²) in [6.07, 6.45) is 1.65. The van der Waals surface area contributed by atoms with E-state index in [9.17, 15) is 10.1 Å². The standard InChI is InChI=1S/C19H28N4O4S2/c1-22(2)12-16-5-6-18(27-16)15-29-11-8-21-19(13-23(24)25)20-7-10-28-14-17-4-3-9-26-17/h3-6,9H,7-8,10-15H2,1-2H3,(H,20,21). The summed E-state index contributed by atoms with van der Waals surface area (Å²) < 4.78 is 11.0. The zero-order valence-corrected chi connectivity index (χ0v) is 18.5. The molecule has 2 rings (SSSR count). The minimum atomic E-state index is -0.357. The third kappa shape index (κ3) is 10.4. The molecule has 0 radical (unpaired) electrons. The average Bonchev–Trinajstić information content (AvgIpc) is 3.32. The third-order valence-corrected chi connectivity index (χ3v) is 5.59. The number of hydrogen-bond acceptors (Lipinski definition) is 8. The first-order valence-corrected chi connectivity index (χ1v) is 11.6. The predicted octanol–water partition coefficient (Wildman–Crippen LogP) is 3.37. The lowest BCUT2D eigenvalue weighted by molar-refractivity contribution is -0.463. The summed E-state index contributed by atoms with van der Waals surface area (Å²) in [5, 5.41) is 13.9. The molecule has 0 aliphatic heterocycles. The molecule has 2 aromatic rings. The van der Waals surface area contributed by atoms with Gasteiger partial charge in [0.1, 0.15) is 17.3 Å². The highest BCUT2D eigenvalue weighted by atomic mass is 32.2. The quantitative estimate of drug-likeness (QED) is 0.157. The van der Waals surface area contributed by atoms with E-state index in [1.807, 2.05) is 38.4 Å². The molecule has 10 heteroatoms. The van der Waals surface area contributed by atoms with Crippen molar-refractivity contribution in [2.75, 3.05) is 45.2 Å². The van der Waals surface area contributed by atoms with Crippen LogP contribution >= 0.6 is 23.5 Å². The maximum atomic E-state index is 10.9. The lowest BCUT2D eigenvalue weighted by atomic mass is 10.4. The highest BCUT2D eigenvalue weighted by molar-refractivity contribution is 7.98. The summed E-state index contributed by atoms with van der Waals surface area (Å²) in [6.45, 7) is 1.67. The van der Waals surface area contributed by atoms with Crippen LogP contribution in [-0.4, -0.2) is 60.9 Å². The van der Waals surface area contributed by atoms with Gasteiger partial charge >= 0.3 is 0 Å². The molecule has 1 N–H and O–H groups in total. The Morgan fingerprint density at radius 2 is 1.93 bits per heavy atom. The van der Waals surface area contributed by atoms with E-state index in [-0.39, 0.29) is 11.5 Å². The molecule has 0 fully saturated rings. The Morgan fingerprint density at radius 1 is 1.17 bits per heavy atom. The first-order chi connectivity index (χ1) is 14.0. The fourth-order valence-electron chi connectivity index (χ4n) is 2.43. The number of thioether (sulfide) groups is 2. The number of aliphatic imine (C=N–C) groups is 1. The molecule has 0 saturated carbocycles. The van der Waals surface area contributed by atoms with Gasteiger partial charge in [0.05, 0.1) is 30.9 Å². The van der Waals surface area contributed by atoms with Crippen LogP contribution in [0, 0.1) is 10.1 Å². The van der Waals surface area contributed by atoms with Gasteiger partial charge in [-0.1, -0.05) is 0 Å². The smallest absolute Gasteiger partial charge is 0.259 e. The molecule has 0 amide bonds.